The van der Waals surface area contributed by atoms with Crippen LogP contribution in [0.2, 0.25) is 5.02 Å². The van der Waals surface area contributed by atoms with E-state index in [0.717, 1.165) is 41.7 Å². The largest absolute Gasteiger partial charge is 0.370 e. The van der Waals surface area contributed by atoms with Gasteiger partial charge in [0.15, 0.2) is 5.96 Å². The molecule has 0 radical (unpaired) electrons. The molecule has 3 rings (SSSR count). The fraction of sp³-hybridized carbons (Fsp3) is 0.500. The molecule has 7 heteroatoms. The maximum atomic E-state index is 6.40. The van der Waals surface area contributed by atoms with Crippen LogP contribution in [-0.2, 0) is 17.2 Å². The van der Waals surface area contributed by atoms with Gasteiger partial charge in [0.2, 0.25) is 0 Å². The smallest absolute Gasteiger partial charge is 0.193 e. The molecular weight excluding hydrogens is 362 g/mol. The molecule has 0 bridgehead atoms. The predicted octanol–water partition coefficient (Wildman–Crippen LogP) is 3.00. The third kappa shape index (κ3) is 4.62. The number of benzene rings is 1. The molecule has 0 spiro atoms. The summed E-state index contributed by atoms with van der Waals surface area (Å²) >= 11 is 6.40. The number of nitrogens with one attached hydrogen (secondary N) is 1. The van der Waals surface area contributed by atoms with Gasteiger partial charge in [-0.3, -0.25) is 9.67 Å². The van der Waals surface area contributed by atoms with E-state index >= 15 is 0 Å². The molecule has 2 heterocycles. The van der Waals surface area contributed by atoms with Crippen molar-refractivity contribution in [3.8, 4) is 0 Å². The molecule has 1 unspecified atom stereocenters. The van der Waals surface area contributed by atoms with Crippen LogP contribution in [0.4, 0.5) is 0 Å². The first-order chi connectivity index (χ1) is 12.9. The zero-order chi connectivity index (χ0) is 19.4. The topological polar surface area (TPSA) is 54.7 Å². The van der Waals surface area contributed by atoms with Crippen LogP contribution in [-0.4, -0.2) is 53.9 Å². The van der Waals surface area contributed by atoms with E-state index in [9.17, 15) is 0 Å². The van der Waals surface area contributed by atoms with Crippen LogP contribution in [0, 0.1) is 0 Å². The highest BCUT2D eigenvalue weighted by atomic mass is 35.5. The van der Waals surface area contributed by atoms with Crippen molar-refractivity contribution in [3.05, 3.63) is 52.8 Å². The Kier molecular flexibility index (Phi) is 6.07. The molecule has 27 heavy (non-hydrogen) atoms. The van der Waals surface area contributed by atoms with Crippen molar-refractivity contribution < 1.29 is 4.74 Å². The summed E-state index contributed by atoms with van der Waals surface area (Å²) in [7, 11) is 3.74. The Bertz CT molecular complexity index is 801. The van der Waals surface area contributed by atoms with E-state index in [-0.39, 0.29) is 11.5 Å². The van der Waals surface area contributed by atoms with Crippen LogP contribution in [0.1, 0.15) is 31.1 Å². The molecule has 1 fully saturated rings. The predicted molar refractivity (Wildman–Crippen MR) is 109 cm³/mol. The highest BCUT2D eigenvalue weighted by Gasteiger charge is 2.27. The number of aliphatic imine (C=N–C) groups is 1. The summed E-state index contributed by atoms with van der Waals surface area (Å²) in [6, 6.07) is 8.01. The van der Waals surface area contributed by atoms with E-state index in [4.69, 9.17) is 16.3 Å². The SMILES string of the molecule is CN=C(NCC(C)(C)c1ccccc1Cl)N1CCOC(c2cnn(C)c2)C1. The molecule has 2 aromatic rings. The minimum Gasteiger partial charge on any atom is -0.370 e. The van der Waals surface area contributed by atoms with Crippen LogP contribution < -0.4 is 5.32 Å². The molecule has 6 nitrogen and oxygen atoms in total. The number of hydrogen-bond acceptors (Lipinski definition) is 3. The number of ether oxygens (including phenoxy) is 1. The average molecular weight is 390 g/mol. The van der Waals surface area contributed by atoms with Crippen molar-refractivity contribution >= 4 is 17.6 Å². The molecule has 0 aliphatic carbocycles. The van der Waals surface area contributed by atoms with Crippen molar-refractivity contribution in [2.45, 2.75) is 25.4 Å². The van der Waals surface area contributed by atoms with Gasteiger partial charge in [-0.05, 0) is 11.6 Å². The first kappa shape index (κ1) is 19.7. The Hall–Kier alpha value is -2.05. The van der Waals surface area contributed by atoms with Gasteiger partial charge in [0.1, 0.15) is 6.10 Å². The van der Waals surface area contributed by atoms with Crippen LogP contribution in [0.5, 0.6) is 0 Å². The number of guanidine groups is 1. The van der Waals surface area contributed by atoms with Gasteiger partial charge < -0.3 is 15.0 Å². The highest BCUT2D eigenvalue weighted by molar-refractivity contribution is 6.31. The number of nitrogens with zero attached hydrogens (tertiary/aromatic N) is 4. The van der Waals surface area contributed by atoms with E-state index in [1.807, 2.05) is 44.7 Å². The van der Waals surface area contributed by atoms with Crippen LogP contribution in [0.15, 0.2) is 41.7 Å². The molecule has 1 aromatic carbocycles. The van der Waals surface area contributed by atoms with E-state index in [1.54, 1.807) is 4.68 Å². The number of hydrogen-bond donors (Lipinski definition) is 1. The lowest BCUT2D eigenvalue weighted by molar-refractivity contribution is -0.00808. The zero-order valence-electron chi connectivity index (χ0n) is 16.4. The maximum absolute atomic E-state index is 6.40. The first-order valence-corrected chi connectivity index (χ1v) is 9.59. The number of aromatic nitrogens is 2. The van der Waals surface area contributed by atoms with Gasteiger partial charge in [-0.25, -0.2) is 0 Å². The lowest BCUT2D eigenvalue weighted by Crippen LogP contribution is -2.50. The third-order valence-electron chi connectivity index (χ3n) is 4.97. The maximum Gasteiger partial charge on any atom is 0.193 e. The lowest BCUT2D eigenvalue weighted by atomic mass is 9.84. The Balaban J connectivity index is 1.66. The fourth-order valence-electron chi connectivity index (χ4n) is 3.39. The molecule has 0 saturated carbocycles. The Morgan fingerprint density at radius 2 is 2.19 bits per heavy atom. The molecule has 1 atom stereocenters. The van der Waals surface area contributed by atoms with Gasteiger partial charge in [-0.1, -0.05) is 43.6 Å². The van der Waals surface area contributed by atoms with Gasteiger partial charge in [-0.2, -0.15) is 5.10 Å². The first-order valence-electron chi connectivity index (χ1n) is 9.21. The molecule has 1 N–H and O–H groups in total. The monoisotopic (exact) mass is 389 g/mol. The minimum absolute atomic E-state index is 0.00239. The molecule has 146 valence electrons. The lowest BCUT2D eigenvalue weighted by Gasteiger charge is -2.36. The second kappa shape index (κ2) is 8.31. The number of aryl methyl sites for hydroxylation is 1. The average Bonchev–Trinajstić information content (AvgIpc) is 3.09. The molecular formula is C20H28ClN5O. The summed E-state index contributed by atoms with van der Waals surface area (Å²) in [4.78, 5) is 6.73. The van der Waals surface area contributed by atoms with E-state index in [0.29, 0.717) is 6.61 Å². The molecule has 1 aliphatic heterocycles. The molecule has 1 saturated heterocycles. The van der Waals surface area contributed by atoms with E-state index in [2.05, 4.69) is 40.2 Å². The third-order valence-corrected chi connectivity index (χ3v) is 5.30. The van der Waals surface area contributed by atoms with Crippen molar-refractivity contribution in [3.63, 3.8) is 0 Å². The minimum atomic E-state index is -0.122. The summed E-state index contributed by atoms with van der Waals surface area (Å²) in [6.45, 7) is 7.33. The Morgan fingerprint density at radius 3 is 2.85 bits per heavy atom. The van der Waals surface area contributed by atoms with Gasteiger partial charge in [0.05, 0.1) is 19.3 Å². The second-order valence-corrected chi connectivity index (χ2v) is 7.92. The Morgan fingerprint density at radius 1 is 1.41 bits per heavy atom. The summed E-state index contributed by atoms with van der Waals surface area (Å²) in [5.41, 5.74) is 2.10. The molecule has 1 aromatic heterocycles. The Labute approximate surface area is 166 Å². The van der Waals surface area contributed by atoms with Crippen LogP contribution in [0.3, 0.4) is 0 Å². The van der Waals surface area contributed by atoms with Crippen molar-refractivity contribution in [1.82, 2.24) is 20.0 Å². The summed E-state index contributed by atoms with van der Waals surface area (Å²) in [6.07, 6.45) is 3.87. The van der Waals surface area contributed by atoms with E-state index < -0.39 is 0 Å². The second-order valence-electron chi connectivity index (χ2n) is 7.52. The summed E-state index contributed by atoms with van der Waals surface area (Å²) in [5.74, 6) is 0.882. The molecule has 0 amide bonds. The fourth-order valence-corrected chi connectivity index (χ4v) is 3.78. The summed E-state index contributed by atoms with van der Waals surface area (Å²) < 4.78 is 7.74. The van der Waals surface area contributed by atoms with Crippen molar-refractivity contribution in [2.24, 2.45) is 12.0 Å². The normalized spacial score (nSPS) is 18.6. The van der Waals surface area contributed by atoms with Crippen LogP contribution in [0.25, 0.3) is 0 Å². The van der Waals surface area contributed by atoms with Gasteiger partial charge in [0.25, 0.3) is 0 Å². The summed E-state index contributed by atoms with van der Waals surface area (Å²) in [5, 5.41) is 8.57. The zero-order valence-corrected chi connectivity index (χ0v) is 17.2. The molecule has 1 aliphatic rings. The van der Waals surface area contributed by atoms with Crippen molar-refractivity contribution in [1.29, 1.82) is 0 Å². The van der Waals surface area contributed by atoms with Gasteiger partial charge in [-0.15, -0.1) is 0 Å². The number of rotatable bonds is 4. The van der Waals surface area contributed by atoms with Gasteiger partial charge in [0, 0.05) is 49.4 Å². The highest BCUT2D eigenvalue weighted by Crippen LogP contribution is 2.29. The number of halogens is 1. The van der Waals surface area contributed by atoms with Gasteiger partial charge >= 0.3 is 0 Å². The van der Waals surface area contributed by atoms with Crippen molar-refractivity contribution in [2.75, 3.05) is 33.3 Å². The van der Waals surface area contributed by atoms with E-state index in [1.165, 1.54) is 0 Å². The van der Waals surface area contributed by atoms with Crippen LogP contribution >= 0.6 is 11.6 Å². The quantitative estimate of drug-likeness (QED) is 0.645. The standard InChI is InChI=1S/C20H28ClN5O/c1-20(2,16-7-5-6-8-17(16)21)14-23-19(22-3)26-9-10-27-18(13-26)15-11-24-25(4)12-15/h5-8,11-12,18H,9-10,13-14H2,1-4H3,(H,22,23). The number of morpholine rings is 1.